The van der Waals surface area contributed by atoms with Crippen LogP contribution in [0.3, 0.4) is 0 Å². The van der Waals surface area contributed by atoms with Gasteiger partial charge in [-0.1, -0.05) is 31.4 Å². The number of methoxy groups -OCH3 is 1. The molecule has 4 rings (SSSR count). The summed E-state index contributed by atoms with van der Waals surface area (Å²) >= 11 is 1.35. The first-order valence-electron chi connectivity index (χ1n) is 13.0. The third-order valence-corrected chi connectivity index (χ3v) is 8.65. The standard InChI is InChI=1S/C29H32FN3O5S2/c1-38-24-10-5-9-23(17-24)33(27(35)19-40(37)18-26(34)31-22-14-12-20(30)13-15-22)28(25-11-6-16-39-25)29(36)32-21-7-3-2-4-8-21/h5-6,9-17,21,28H,2-4,7-8,18-19H2,1H3,(H,31,34)(H,32,36)/t28-,40-/m0/s1. The van der Waals surface area contributed by atoms with E-state index in [4.69, 9.17) is 4.74 Å². The highest BCUT2D eigenvalue weighted by molar-refractivity contribution is 7.86. The molecule has 1 aliphatic rings. The molecule has 0 bridgehead atoms. The number of halogens is 1. The highest BCUT2D eigenvalue weighted by Gasteiger charge is 2.35. The lowest BCUT2D eigenvalue weighted by molar-refractivity contribution is -0.126. The van der Waals surface area contributed by atoms with Crippen molar-refractivity contribution in [3.05, 3.63) is 76.7 Å². The summed E-state index contributed by atoms with van der Waals surface area (Å²) in [4.78, 5) is 42.1. The van der Waals surface area contributed by atoms with Crippen molar-refractivity contribution in [1.29, 1.82) is 0 Å². The van der Waals surface area contributed by atoms with Crippen molar-refractivity contribution in [1.82, 2.24) is 5.32 Å². The number of amides is 3. The number of nitrogens with zero attached hydrogens (tertiary/aromatic N) is 1. The Labute approximate surface area is 239 Å². The molecule has 3 aromatic rings. The lowest BCUT2D eigenvalue weighted by atomic mass is 9.95. The Balaban J connectivity index is 1.57. The highest BCUT2D eigenvalue weighted by Crippen LogP contribution is 2.33. The zero-order chi connectivity index (χ0) is 28.5. The Morgan fingerprint density at radius 3 is 2.48 bits per heavy atom. The zero-order valence-electron chi connectivity index (χ0n) is 22.1. The summed E-state index contributed by atoms with van der Waals surface area (Å²) < 4.78 is 31.5. The summed E-state index contributed by atoms with van der Waals surface area (Å²) in [6.45, 7) is 0. The number of thiophene rings is 1. The van der Waals surface area contributed by atoms with Crippen LogP contribution in [0.5, 0.6) is 5.75 Å². The van der Waals surface area contributed by atoms with Crippen molar-refractivity contribution in [2.45, 2.75) is 44.2 Å². The molecule has 8 nitrogen and oxygen atoms in total. The number of carbonyl (C=O) groups is 3. The van der Waals surface area contributed by atoms with Crippen LogP contribution in [-0.2, 0) is 25.2 Å². The number of benzene rings is 2. The van der Waals surface area contributed by atoms with Gasteiger partial charge >= 0.3 is 0 Å². The molecule has 0 radical (unpaired) electrons. The van der Waals surface area contributed by atoms with Gasteiger partial charge in [-0.25, -0.2) is 4.39 Å². The van der Waals surface area contributed by atoms with Gasteiger partial charge in [0.2, 0.25) is 17.7 Å². The Morgan fingerprint density at radius 1 is 1.05 bits per heavy atom. The van der Waals surface area contributed by atoms with Crippen molar-refractivity contribution in [2.75, 3.05) is 28.8 Å². The quantitative estimate of drug-likeness (QED) is 0.336. The summed E-state index contributed by atoms with van der Waals surface area (Å²) in [5.74, 6) is -2.33. The highest BCUT2D eigenvalue weighted by atomic mass is 32.2. The molecule has 0 unspecified atom stereocenters. The van der Waals surface area contributed by atoms with Crippen LogP contribution in [0, 0.1) is 5.82 Å². The second-order valence-corrected chi connectivity index (χ2v) is 11.9. The molecule has 2 atom stereocenters. The van der Waals surface area contributed by atoms with E-state index in [0.717, 1.165) is 32.1 Å². The maximum absolute atomic E-state index is 13.8. The van der Waals surface area contributed by atoms with Gasteiger partial charge in [0.15, 0.2) is 0 Å². The molecule has 2 N–H and O–H groups in total. The van der Waals surface area contributed by atoms with Crippen LogP contribution < -0.4 is 20.3 Å². The topological polar surface area (TPSA) is 105 Å². The third-order valence-electron chi connectivity index (χ3n) is 6.58. The van der Waals surface area contributed by atoms with Crippen LogP contribution >= 0.6 is 11.3 Å². The lowest BCUT2D eigenvalue weighted by Gasteiger charge is -2.32. The lowest BCUT2D eigenvalue weighted by Crippen LogP contribution is -2.48. The molecule has 40 heavy (non-hydrogen) atoms. The normalized spacial score (nSPS) is 15.1. The van der Waals surface area contributed by atoms with Crippen LogP contribution in [-0.4, -0.2) is 46.6 Å². The second-order valence-electron chi connectivity index (χ2n) is 9.51. The first kappa shape index (κ1) is 29.4. The van der Waals surface area contributed by atoms with Gasteiger partial charge in [0.05, 0.1) is 7.11 Å². The Hall–Kier alpha value is -3.57. The molecule has 3 amide bonds. The molecule has 0 saturated heterocycles. The van der Waals surface area contributed by atoms with Gasteiger partial charge in [0.25, 0.3) is 0 Å². The first-order chi connectivity index (χ1) is 19.3. The van der Waals surface area contributed by atoms with E-state index in [1.54, 1.807) is 30.3 Å². The maximum Gasteiger partial charge on any atom is 0.248 e. The zero-order valence-corrected chi connectivity index (χ0v) is 23.8. The molecular formula is C29H32FN3O5S2. The SMILES string of the molecule is COc1cccc(N(C(=O)C[S@@](=O)CC(=O)Nc2ccc(F)cc2)[C@H](C(=O)NC2CCCCC2)c2cccs2)c1. The summed E-state index contributed by atoms with van der Waals surface area (Å²) in [7, 11) is -0.373. The Morgan fingerprint density at radius 2 is 1.80 bits per heavy atom. The van der Waals surface area contributed by atoms with Gasteiger partial charge in [-0.3, -0.25) is 23.5 Å². The average molecular weight is 586 g/mol. The van der Waals surface area contributed by atoms with Crippen LogP contribution in [0.4, 0.5) is 15.8 Å². The van der Waals surface area contributed by atoms with E-state index in [-0.39, 0.29) is 11.9 Å². The van der Waals surface area contributed by atoms with Gasteiger partial charge in [0, 0.05) is 39.2 Å². The van der Waals surface area contributed by atoms with Crippen molar-refractivity contribution in [3.8, 4) is 5.75 Å². The minimum absolute atomic E-state index is 0.0234. The van der Waals surface area contributed by atoms with E-state index in [9.17, 15) is 23.0 Å². The summed E-state index contributed by atoms with van der Waals surface area (Å²) in [5, 5.41) is 7.52. The van der Waals surface area contributed by atoms with E-state index in [1.807, 2.05) is 11.4 Å². The third kappa shape index (κ3) is 7.98. The van der Waals surface area contributed by atoms with Gasteiger partial charge in [0.1, 0.15) is 29.1 Å². The van der Waals surface area contributed by atoms with Crippen molar-refractivity contribution >= 4 is 51.2 Å². The number of carbonyl (C=O) groups excluding carboxylic acids is 3. The summed E-state index contributed by atoms with van der Waals surface area (Å²) in [6, 6.07) is 14.6. The smallest absolute Gasteiger partial charge is 0.248 e. The molecule has 2 aromatic carbocycles. The average Bonchev–Trinajstić information content (AvgIpc) is 3.47. The van der Waals surface area contributed by atoms with Gasteiger partial charge < -0.3 is 15.4 Å². The molecule has 0 spiro atoms. The molecule has 212 valence electrons. The maximum atomic E-state index is 13.8. The molecule has 11 heteroatoms. The Kier molecular flexibility index (Phi) is 10.4. The predicted octanol–water partition coefficient (Wildman–Crippen LogP) is 4.81. The van der Waals surface area contributed by atoms with Crippen LogP contribution in [0.15, 0.2) is 66.0 Å². The van der Waals surface area contributed by atoms with E-state index in [0.29, 0.717) is 22.0 Å². The molecule has 1 fully saturated rings. The van der Waals surface area contributed by atoms with E-state index < -0.39 is 46.0 Å². The number of hydrogen-bond acceptors (Lipinski definition) is 6. The fourth-order valence-electron chi connectivity index (χ4n) is 4.68. The Bertz CT molecular complexity index is 1330. The van der Waals surface area contributed by atoms with E-state index in [1.165, 1.54) is 47.6 Å². The van der Waals surface area contributed by atoms with E-state index >= 15 is 0 Å². The largest absolute Gasteiger partial charge is 0.497 e. The summed E-state index contributed by atoms with van der Waals surface area (Å²) in [5.41, 5.74) is 0.763. The molecule has 1 aromatic heterocycles. The van der Waals surface area contributed by atoms with Crippen molar-refractivity contribution in [3.63, 3.8) is 0 Å². The minimum atomic E-state index is -1.88. The van der Waals surface area contributed by atoms with Crippen LogP contribution in [0.25, 0.3) is 0 Å². The van der Waals surface area contributed by atoms with E-state index in [2.05, 4.69) is 10.6 Å². The van der Waals surface area contributed by atoms with Crippen molar-refractivity contribution in [2.24, 2.45) is 0 Å². The number of nitrogens with one attached hydrogen (secondary N) is 2. The monoisotopic (exact) mass is 585 g/mol. The van der Waals surface area contributed by atoms with Gasteiger partial charge in [-0.15, -0.1) is 11.3 Å². The molecule has 1 heterocycles. The second kappa shape index (κ2) is 14.2. The van der Waals surface area contributed by atoms with Gasteiger partial charge in [-0.2, -0.15) is 0 Å². The number of ether oxygens (including phenoxy) is 1. The first-order valence-corrected chi connectivity index (χ1v) is 15.4. The number of rotatable bonds is 11. The molecular weight excluding hydrogens is 553 g/mol. The molecule has 1 saturated carbocycles. The van der Waals surface area contributed by atoms with Crippen molar-refractivity contribution < 1.29 is 27.7 Å². The fourth-order valence-corrected chi connectivity index (χ4v) is 6.37. The molecule has 1 aliphatic carbocycles. The minimum Gasteiger partial charge on any atom is -0.497 e. The van der Waals surface area contributed by atoms with Gasteiger partial charge in [-0.05, 0) is 60.7 Å². The van der Waals surface area contributed by atoms with Crippen LogP contribution in [0.2, 0.25) is 0 Å². The number of anilines is 2. The summed E-state index contributed by atoms with van der Waals surface area (Å²) in [6.07, 6.45) is 4.96. The van der Waals surface area contributed by atoms with Crippen LogP contribution in [0.1, 0.15) is 43.0 Å². The fraction of sp³-hybridized carbons (Fsp3) is 0.345. The predicted molar refractivity (Wildman–Crippen MR) is 155 cm³/mol. The number of hydrogen-bond donors (Lipinski definition) is 2. The molecule has 0 aliphatic heterocycles.